The van der Waals surface area contributed by atoms with Gasteiger partial charge in [0.2, 0.25) is 0 Å². The smallest absolute Gasteiger partial charge is 0.263 e. The quantitative estimate of drug-likeness (QED) is 0.870. The summed E-state index contributed by atoms with van der Waals surface area (Å²) in [6.07, 6.45) is 3.32. The van der Waals surface area contributed by atoms with Gasteiger partial charge in [-0.3, -0.25) is 9.63 Å². The number of hydrogen-bond donors (Lipinski definition) is 2. The molecule has 2 heterocycles. The number of hydrogen-bond acceptors (Lipinski definition) is 3. The Hall–Kier alpha value is -1.85. The molecule has 1 unspecified atom stereocenters. The lowest BCUT2D eigenvalue weighted by Crippen LogP contribution is -2.43. The highest BCUT2D eigenvalue weighted by molar-refractivity contribution is 5.85. The first kappa shape index (κ1) is 12.2. The van der Waals surface area contributed by atoms with Gasteiger partial charge in [-0.15, -0.1) is 0 Å². The van der Waals surface area contributed by atoms with Gasteiger partial charge in [-0.2, -0.15) is 0 Å². The summed E-state index contributed by atoms with van der Waals surface area (Å²) in [6.45, 7) is 1.24. The molecule has 100 valence electrons. The molecule has 1 saturated heterocycles. The van der Waals surface area contributed by atoms with E-state index in [0.29, 0.717) is 19.6 Å². The van der Waals surface area contributed by atoms with Gasteiger partial charge in [-0.25, -0.2) is 5.06 Å². The molecule has 2 aromatic rings. The Morgan fingerprint density at radius 1 is 1.47 bits per heavy atom. The number of carbonyl (C=O) groups excluding carboxylic acids is 1. The highest BCUT2D eigenvalue weighted by Gasteiger charge is 2.25. The molecule has 0 spiro atoms. The number of amides is 1. The predicted octanol–water partition coefficient (Wildman–Crippen LogP) is 1.20. The Labute approximate surface area is 111 Å². The van der Waals surface area contributed by atoms with Crippen LogP contribution in [0.2, 0.25) is 0 Å². The third kappa shape index (κ3) is 2.34. The second-order valence-corrected chi connectivity index (χ2v) is 4.80. The predicted molar refractivity (Wildman–Crippen MR) is 72.3 cm³/mol. The van der Waals surface area contributed by atoms with Gasteiger partial charge in [0.15, 0.2) is 0 Å². The van der Waals surface area contributed by atoms with Gasteiger partial charge >= 0.3 is 0 Å². The summed E-state index contributed by atoms with van der Waals surface area (Å²) in [4.78, 5) is 20.5. The van der Waals surface area contributed by atoms with Crippen molar-refractivity contribution in [3.63, 3.8) is 0 Å². The van der Waals surface area contributed by atoms with Gasteiger partial charge in [0.1, 0.15) is 0 Å². The molecule has 1 fully saturated rings. The zero-order chi connectivity index (χ0) is 13.2. The first-order chi connectivity index (χ1) is 9.25. The van der Waals surface area contributed by atoms with Crippen LogP contribution in [0.3, 0.4) is 0 Å². The van der Waals surface area contributed by atoms with Crippen molar-refractivity contribution >= 4 is 16.8 Å². The molecule has 1 aromatic heterocycles. The molecule has 1 aliphatic rings. The largest absolute Gasteiger partial charge is 0.361 e. The highest BCUT2D eigenvalue weighted by Crippen LogP contribution is 2.19. The summed E-state index contributed by atoms with van der Waals surface area (Å²) < 4.78 is 0. The van der Waals surface area contributed by atoms with Gasteiger partial charge < -0.3 is 10.7 Å². The van der Waals surface area contributed by atoms with E-state index in [0.717, 1.165) is 22.9 Å². The molecule has 0 bridgehead atoms. The summed E-state index contributed by atoms with van der Waals surface area (Å²) in [5.74, 6) is -0.136. The molecule has 1 aliphatic heterocycles. The van der Waals surface area contributed by atoms with Crippen LogP contribution in [0.1, 0.15) is 12.0 Å². The van der Waals surface area contributed by atoms with Gasteiger partial charge in [0.05, 0.1) is 19.2 Å². The van der Waals surface area contributed by atoms with Crippen molar-refractivity contribution in [1.29, 1.82) is 0 Å². The van der Waals surface area contributed by atoms with Crippen molar-refractivity contribution in [2.45, 2.75) is 18.9 Å². The maximum absolute atomic E-state index is 12.1. The van der Waals surface area contributed by atoms with E-state index >= 15 is 0 Å². The zero-order valence-electron chi connectivity index (χ0n) is 10.6. The summed E-state index contributed by atoms with van der Waals surface area (Å²) in [6, 6.07) is 7.44. The van der Waals surface area contributed by atoms with Crippen LogP contribution < -0.4 is 5.73 Å². The van der Waals surface area contributed by atoms with E-state index in [1.165, 1.54) is 5.06 Å². The summed E-state index contributed by atoms with van der Waals surface area (Å²) in [5, 5.41) is 2.51. The summed E-state index contributed by atoms with van der Waals surface area (Å²) in [7, 11) is 0. The van der Waals surface area contributed by atoms with Crippen LogP contribution >= 0.6 is 0 Å². The van der Waals surface area contributed by atoms with Crippen molar-refractivity contribution in [1.82, 2.24) is 10.0 Å². The number of hydroxylamine groups is 2. The minimum absolute atomic E-state index is 0.136. The molecule has 5 nitrogen and oxygen atoms in total. The van der Waals surface area contributed by atoms with Crippen molar-refractivity contribution in [3.05, 3.63) is 36.0 Å². The SMILES string of the molecule is NC(Cc1c[nH]c2ccccc12)C(=O)N1CCCO1. The van der Waals surface area contributed by atoms with Crippen LogP contribution in [0.25, 0.3) is 10.9 Å². The number of H-pyrrole nitrogens is 1. The Kier molecular flexibility index (Phi) is 3.23. The Balaban J connectivity index is 1.75. The van der Waals surface area contributed by atoms with E-state index in [1.54, 1.807) is 0 Å². The van der Waals surface area contributed by atoms with Gasteiger partial charge in [-0.1, -0.05) is 18.2 Å². The molecule has 1 atom stereocenters. The lowest BCUT2D eigenvalue weighted by molar-refractivity contribution is -0.170. The van der Waals surface area contributed by atoms with Crippen molar-refractivity contribution < 1.29 is 9.63 Å². The van der Waals surface area contributed by atoms with Crippen LogP contribution in [0.15, 0.2) is 30.5 Å². The van der Waals surface area contributed by atoms with Crippen molar-refractivity contribution in [2.75, 3.05) is 13.2 Å². The monoisotopic (exact) mass is 259 g/mol. The topological polar surface area (TPSA) is 71.4 Å². The normalized spacial score (nSPS) is 17.0. The number of aromatic nitrogens is 1. The third-order valence-electron chi connectivity index (χ3n) is 3.43. The first-order valence-corrected chi connectivity index (χ1v) is 6.50. The van der Waals surface area contributed by atoms with Crippen LogP contribution in [0, 0.1) is 0 Å². The van der Waals surface area contributed by atoms with E-state index in [1.807, 2.05) is 30.5 Å². The van der Waals surface area contributed by atoms with Crippen molar-refractivity contribution in [3.8, 4) is 0 Å². The molecule has 0 saturated carbocycles. The molecule has 0 aliphatic carbocycles. The standard InChI is InChI=1S/C14H17N3O2/c15-12(14(18)17-6-3-7-19-17)8-10-9-16-13-5-2-1-4-11(10)13/h1-2,4-5,9,12,16H,3,6-8,15H2. The molecule has 1 aromatic carbocycles. The number of aromatic amines is 1. The molecule has 5 heteroatoms. The number of para-hydroxylation sites is 1. The molecule has 19 heavy (non-hydrogen) atoms. The highest BCUT2D eigenvalue weighted by atomic mass is 16.7. The minimum Gasteiger partial charge on any atom is -0.361 e. The molecular weight excluding hydrogens is 242 g/mol. The maximum Gasteiger partial charge on any atom is 0.263 e. The molecule has 1 amide bonds. The minimum atomic E-state index is -0.558. The van der Waals surface area contributed by atoms with Crippen LogP contribution in [-0.2, 0) is 16.1 Å². The number of nitrogens with zero attached hydrogens (tertiary/aromatic N) is 1. The van der Waals surface area contributed by atoms with Gasteiger partial charge in [0, 0.05) is 17.1 Å². The Morgan fingerprint density at radius 2 is 2.32 bits per heavy atom. The molecule has 3 N–H and O–H groups in total. The Morgan fingerprint density at radius 3 is 3.11 bits per heavy atom. The van der Waals surface area contributed by atoms with Crippen LogP contribution in [0.4, 0.5) is 0 Å². The molecule has 3 rings (SSSR count). The first-order valence-electron chi connectivity index (χ1n) is 6.50. The average Bonchev–Trinajstić information content (AvgIpc) is 3.08. The zero-order valence-corrected chi connectivity index (χ0v) is 10.6. The number of nitrogens with two attached hydrogens (primary N) is 1. The fourth-order valence-corrected chi connectivity index (χ4v) is 2.43. The number of rotatable bonds is 3. The number of nitrogens with one attached hydrogen (secondary N) is 1. The lowest BCUT2D eigenvalue weighted by atomic mass is 10.1. The third-order valence-corrected chi connectivity index (χ3v) is 3.43. The van der Waals surface area contributed by atoms with E-state index in [4.69, 9.17) is 10.6 Å². The second kappa shape index (κ2) is 5.03. The van der Waals surface area contributed by atoms with Gasteiger partial charge in [-0.05, 0) is 24.5 Å². The molecular formula is C14H17N3O2. The lowest BCUT2D eigenvalue weighted by Gasteiger charge is -2.18. The van der Waals surface area contributed by atoms with E-state index in [-0.39, 0.29) is 5.91 Å². The number of benzene rings is 1. The van der Waals surface area contributed by atoms with E-state index in [2.05, 4.69) is 4.98 Å². The maximum atomic E-state index is 12.1. The van der Waals surface area contributed by atoms with Gasteiger partial charge in [0.25, 0.3) is 5.91 Å². The second-order valence-electron chi connectivity index (χ2n) is 4.80. The van der Waals surface area contributed by atoms with Crippen LogP contribution in [-0.4, -0.2) is 35.1 Å². The fraction of sp³-hybridized carbons (Fsp3) is 0.357. The number of fused-ring (bicyclic) bond motifs is 1. The fourth-order valence-electron chi connectivity index (χ4n) is 2.43. The average molecular weight is 259 g/mol. The van der Waals surface area contributed by atoms with Crippen molar-refractivity contribution in [2.24, 2.45) is 5.73 Å². The summed E-state index contributed by atoms with van der Waals surface area (Å²) in [5.41, 5.74) is 8.12. The summed E-state index contributed by atoms with van der Waals surface area (Å²) >= 11 is 0. The Bertz CT molecular complexity index is 587. The number of carbonyl (C=O) groups is 1. The van der Waals surface area contributed by atoms with E-state index < -0.39 is 6.04 Å². The molecule has 0 radical (unpaired) electrons. The van der Waals surface area contributed by atoms with E-state index in [9.17, 15) is 4.79 Å². The van der Waals surface area contributed by atoms with Crippen LogP contribution in [0.5, 0.6) is 0 Å².